The molecule has 0 aliphatic rings. The Hall–Kier alpha value is -2.42. The van der Waals surface area contributed by atoms with Crippen molar-refractivity contribution in [2.45, 2.75) is 11.8 Å². The summed E-state index contributed by atoms with van der Waals surface area (Å²) >= 11 is 0. The Bertz CT molecular complexity index is 838. The first-order chi connectivity index (χ1) is 12.5. The number of anilines is 1. The maximum atomic E-state index is 12.4. The lowest BCUT2D eigenvalue weighted by molar-refractivity contribution is 0.102. The van der Waals surface area contributed by atoms with Crippen molar-refractivity contribution in [3.8, 4) is 5.75 Å². The van der Waals surface area contributed by atoms with Gasteiger partial charge >= 0.3 is 0 Å². The van der Waals surface area contributed by atoms with Gasteiger partial charge in [-0.1, -0.05) is 18.2 Å². The molecule has 0 aliphatic heterocycles. The molecule has 140 valence electrons. The molecule has 2 rings (SSSR count). The topological polar surface area (TPSA) is 93.7 Å². The number of hydrogen-bond donors (Lipinski definition) is 2. The van der Waals surface area contributed by atoms with Crippen molar-refractivity contribution in [3.63, 3.8) is 0 Å². The fraction of sp³-hybridized carbons (Fsp3) is 0.278. The summed E-state index contributed by atoms with van der Waals surface area (Å²) in [6, 6.07) is 13.0. The molecule has 0 atom stereocenters. The maximum absolute atomic E-state index is 12.4. The van der Waals surface area contributed by atoms with Gasteiger partial charge in [0.2, 0.25) is 10.0 Å². The van der Waals surface area contributed by atoms with E-state index in [2.05, 4.69) is 10.0 Å². The highest BCUT2D eigenvalue weighted by Gasteiger charge is 2.18. The van der Waals surface area contributed by atoms with Crippen LogP contribution in [0.1, 0.15) is 17.3 Å². The lowest BCUT2D eigenvalue weighted by atomic mass is 10.2. The highest BCUT2D eigenvalue weighted by atomic mass is 32.2. The van der Waals surface area contributed by atoms with Crippen LogP contribution in [0.3, 0.4) is 0 Å². The molecular weight excluding hydrogens is 356 g/mol. The number of hydrogen-bond acceptors (Lipinski definition) is 5. The minimum Gasteiger partial charge on any atom is -0.492 e. The summed E-state index contributed by atoms with van der Waals surface area (Å²) < 4.78 is 37.5. The van der Waals surface area contributed by atoms with E-state index in [1.165, 1.54) is 25.3 Å². The quantitative estimate of drug-likeness (QED) is 0.653. The van der Waals surface area contributed by atoms with Crippen molar-refractivity contribution in [1.82, 2.24) is 4.72 Å². The van der Waals surface area contributed by atoms with E-state index in [1.54, 1.807) is 37.3 Å². The summed E-state index contributed by atoms with van der Waals surface area (Å²) in [5, 5.41) is 2.71. The average Bonchev–Trinajstić information content (AvgIpc) is 2.64. The molecule has 8 heteroatoms. The number of amides is 1. The standard InChI is InChI=1S/C18H22N2O5S/c1-3-25-17-10-9-15(26(22,23)19-11-12-24-2)13-16(17)20-18(21)14-7-5-4-6-8-14/h4-10,13,19H,3,11-12H2,1-2H3,(H,20,21). The Labute approximate surface area is 153 Å². The lowest BCUT2D eigenvalue weighted by Crippen LogP contribution is -2.27. The van der Waals surface area contributed by atoms with Gasteiger partial charge in [-0.05, 0) is 37.3 Å². The van der Waals surface area contributed by atoms with Crippen LogP contribution in [0.4, 0.5) is 5.69 Å². The molecule has 2 N–H and O–H groups in total. The van der Waals surface area contributed by atoms with Gasteiger partial charge in [0.15, 0.2) is 0 Å². The van der Waals surface area contributed by atoms with Crippen LogP contribution in [0.25, 0.3) is 0 Å². The largest absolute Gasteiger partial charge is 0.492 e. The van der Waals surface area contributed by atoms with Crippen molar-refractivity contribution in [1.29, 1.82) is 0 Å². The first-order valence-electron chi connectivity index (χ1n) is 8.09. The van der Waals surface area contributed by atoms with Gasteiger partial charge in [-0.2, -0.15) is 0 Å². The lowest BCUT2D eigenvalue weighted by Gasteiger charge is -2.14. The fourth-order valence-electron chi connectivity index (χ4n) is 2.20. The number of ether oxygens (including phenoxy) is 2. The maximum Gasteiger partial charge on any atom is 0.255 e. The van der Waals surface area contributed by atoms with Crippen LogP contribution < -0.4 is 14.8 Å². The number of nitrogens with one attached hydrogen (secondary N) is 2. The molecule has 0 fully saturated rings. The van der Waals surface area contributed by atoms with Crippen molar-refractivity contribution in [2.75, 3.05) is 32.2 Å². The number of benzene rings is 2. The van der Waals surface area contributed by atoms with E-state index in [0.717, 1.165) is 0 Å². The van der Waals surface area contributed by atoms with Crippen LogP contribution in [0.2, 0.25) is 0 Å². The zero-order chi connectivity index (χ0) is 19.0. The average molecular weight is 378 g/mol. The molecule has 0 aliphatic carbocycles. The van der Waals surface area contributed by atoms with Gasteiger partial charge in [-0.25, -0.2) is 13.1 Å². The summed E-state index contributed by atoms with van der Waals surface area (Å²) in [6.45, 7) is 2.60. The zero-order valence-corrected chi connectivity index (χ0v) is 15.5. The molecule has 0 bridgehead atoms. The van der Waals surface area contributed by atoms with Crippen molar-refractivity contribution >= 4 is 21.6 Å². The van der Waals surface area contributed by atoms with Crippen LogP contribution in [-0.2, 0) is 14.8 Å². The van der Waals surface area contributed by atoms with E-state index < -0.39 is 10.0 Å². The second kappa shape index (κ2) is 9.33. The molecule has 0 saturated heterocycles. The normalized spacial score (nSPS) is 11.2. The Kier molecular flexibility index (Phi) is 7.14. The number of rotatable bonds is 9. The van der Waals surface area contributed by atoms with Crippen molar-refractivity contribution < 1.29 is 22.7 Å². The summed E-state index contributed by atoms with van der Waals surface area (Å²) in [7, 11) is -2.24. The highest BCUT2D eigenvalue weighted by molar-refractivity contribution is 7.89. The fourth-order valence-corrected chi connectivity index (χ4v) is 3.24. The summed E-state index contributed by atoms with van der Waals surface area (Å²) in [5.74, 6) is 0.0427. The third-order valence-corrected chi connectivity index (χ3v) is 4.90. The molecule has 2 aromatic carbocycles. The van der Waals surface area contributed by atoms with Gasteiger partial charge in [-0.3, -0.25) is 4.79 Å². The number of methoxy groups -OCH3 is 1. The van der Waals surface area contributed by atoms with E-state index in [-0.39, 0.29) is 29.6 Å². The van der Waals surface area contributed by atoms with Crippen LogP contribution >= 0.6 is 0 Å². The predicted octanol–water partition coefficient (Wildman–Crippen LogP) is 2.26. The predicted molar refractivity (Wildman–Crippen MR) is 99.1 cm³/mol. The second-order valence-electron chi connectivity index (χ2n) is 5.30. The molecule has 0 unspecified atom stereocenters. The molecule has 7 nitrogen and oxygen atoms in total. The van der Waals surface area contributed by atoms with Crippen LogP contribution in [0.5, 0.6) is 5.75 Å². The number of sulfonamides is 1. The van der Waals surface area contributed by atoms with Crippen LogP contribution in [0, 0.1) is 0 Å². The molecular formula is C18H22N2O5S. The van der Waals surface area contributed by atoms with Gasteiger partial charge in [0.05, 0.1) is 23.8 Å². The molecule has 0 aromatic heterocycles. The Morgan fingerprint density at radius 2 is 1.85 bits per heavy atom. The third-order valence-electron chi connectivity index (χ3n) is 3.44. The monoisotopic (exact) mass is 378 g/mol. The first kappa shape index (κ1) is 19.9. The highest BCUT2D eigenvalue weighted by Crippen LogP contribution is 2.28. The van der Waals surface area contributed by atoms with Gasteiger partial charge in [-0.15, -0.1) is 0 Å². The van der Waals surface area contributed by atoms with E-state index in [4.69, 9.17) is 9.47 Å². The minimum atomic E-state index is -3.72. The Morgan fingerprint density at radius 3 is 2.50 bits per heavy atom. The molecule has 0 radical (unpaired) electrons. The van der Waals surface area contributed by atoms with Gasteiger partial charge in [0, 0.05) is 19.2 Å². The van der Waals surface area contributed by atoms with Gasteiger partial charge < -0.3 is 14.8 Å². The first-order valence-corrected chi connectivity index (χ1v) is 9.58. The third kappa shape index (κ3) is 5.29. The molecule has 1 amide bonds. The zero-order valence-electron chi connectivity index (χ0n) is 14.7. The molecule has 0 heterocycles. The Morgan fingerprint density at radius 1 is 1.12 bits per heavy atom. The number of carbonyl (C=O) groups is 1. The molecule has 0 saturated carbocycles. The van der Waals surface area contributed by atoms with E-state index >= 15 is 0 Å². The van der Waals surface area contributed by atoms with Gasteiger partial charge in [0.1, 0.15) is 5.75 Å². The minimum absolute atomic E-state index is 0.0282. The van der Waals surface area contributed by atoms with Crippen LogP contribution in [0.15, 0.2) is 53.4 Å². The molecule has 26 heavy (non-hydrogen) atoms. The van der Waals surface area contributed by atoms with Gasteiger partial charge in [0.25, 0.3) is 5.91 Å². The Balaban J connectivity index is 2.29. The number of carbonyl (C=O) groups excluding carboxylic acids is 1. The molecule has 2 aromatic rings. The summed E-state index contributed by atoms with van der Waals surface area (Å²) in [4.78, 5) is 12.4. The second-order valence-corrected chi connectivity index (χ2v) is 7.07. The van der Waals surface area contributed by atoms with E-state index in [9.17, 15) is 13.2 Å². The smallest absolute Gasteiger partial charge is 0.255 e. The molecule has 0 spiro atoms. The van der Waals surface area contributed by atoms with Crippen molar-refractivity contribution in [2.24, 2.45) is 0 Å². The summed E-state index contributed by atoms with van der Waals surface area (Å²) in [6.07, 6.45) is 0. The van der Waals surface area contributed by atoms with Crippen molar-refractivity contribution in [3.05, 3.63) is 54.1 Å². The van der Waals surface area contributed by atoms with Crippen LogP contribution in [-0.4, -0.2) is 41.2 Å². The van der Waals surface area contributed by atoms with E-state index in [1.807, 2.05) is 0 Å². The summed E-state index contributed by atoms with van der Waals surface area (Å²) in [5.41, 5.74) is 0.747. The van der Waals surface area contributed by atoms with E-state index in [0.29, 0.717) is 17.9 Å². The SMILES string of the molecule is CCOc1ccc(S(=O)(=O)NCCOC)cc1NC(=O)c1ccccc1.